The average molecular weight is 318 g/mol. The summed E-state index contributed by atoms with van der Waals surface area (Å²) in [5.41, 5.74) is 2.49. The van der Waals surface area contributed by atoms with Crippen LogP contribution in [0.4, 0.5) is 5.69 Å². The lowest BCUT2D eigenvalue weighted by Gasteiger charge is -2.23. The van der Waals surface area contributed by atoms with E-state index >= 15 is 0 Å². The molecule has 1 aliphatic rings. The average Bonchev–Trinajstić information content (AvgIpc) is 2.78. The summed E-state index contributed by atoms with van der Waals surface area (Å²) in [4.78, 5) is 4.74. The van der Waals surface area contributed by atoms with E-state index in [0.717, 1.165) is 17.6 Å². The van der Waals surface area contributed by atoms with Gasteiger partial charge in [0.05, 0.1) is 0 Å². The highest BCUT2D eigenvalue weighted by atomic mass is 79.9. The predicted molar refractivity (Wildman–Crippen MR) is 78.0 cm³/mol. The Hall–Kier alpha value is -0.250. The van der Waals surface area contributed by atoms with E-state index in [1.54, 1.807) is 0 Å². The molecular weight excluding hydrogens is 300 g/mol. The molecule has 17 heavy (non-hydrogen) atoms. The molecule has 1 atom stereocenters. The molecule has 2 nitrogen and oxygen atoms in total. The Kier molecular flexibility index (Phi) is 4.34. The second-order valence-corrected chi connectivity index (χ2v) is 5.94. The van der Waals surface area contributed by atoms with Gasteiger partial charge < -0.3 is 9.80 Å². The molecule has 1 heterocycles. The first-order valence-electron chi connectivity index (χ1n) is 5.87. The minimum atomic E-state index is 0.575. The highest BCUT2D eigenvalue weighted by Crippen LogP contribution is 2.29. The molecule has 1 aromatic rings. The van der Waals surface area contributed by atoms with Gasteiger partial charge in [0, 0.05) is 35.2 Å². The van der Waals surface area contributed by atoms with Crippen LogP contribution in [-0.2, 0) is 5.88 Å². The number of anilines is 1. The first-order valence-corrected chi connectivity index (χ1v) is 7.20. The summed E-state index contributed by atoms with van der Waals surface area (Å²) in [6, 6.07) is 6.99. The summed E-state index contributed by atoms with van der Waals surface area (Å²) in [6.45, 7) is 2.20. The van der Waals surface area contributed by atoms with Gasteiger partial charge in [0.25, 0.3) is 0 Å². The number of benzene rings is 1. The highest BCUT2D eigenvalue weighted by Gasteiger charge is 2.25. The normalized spacial score (nSPS) is 20.3. The second-order valence-electron chi connectivity index (χ2n) is 4.76. The largest absolute Gasteiger partial charge is 0.370 e. The van der Waals surface area contributed by atoms with Crippen molar-refractivity contribution >= 4 is 33.2 Å². The maximum atomic E-state index is 6.01. The van der Waals surface area contributed by atoms with Gasteiger partial charge in [-0.05, 0) is 38.2 Å². The molecule has 0 spiro atoms. The SMILES string of the molecule is CN(C)C1CCN(c2cc(Br)ccc2CCl)C1. The number of halogens is 2. The van der Waals surface area contributed by atoms with Gasteiger partial charge in [-0.1, -0.05) is 22.0 Å². The van der Waals surface area contributed by atoms with E-state index < -0.39 is 0 Å². The van der Waals surface area contributed by atoms with Crippen LogP contribution >= 0.6 is 27.5 Å². The van der Waals surface area contributed by atoms with Gasteiger partial charge in [0.1, 0.15) is 0 Å². The van der Waals surface area contributed by atoms with Crippen molar-refractivity contribution < 1.29 is 0 Å². The fourth-order valence-electron chi connectivity index (χ4n) is 2.33. The first-order chi connectivity index (χ1) is 8.11. The summed E-state index contributed by atoms with van der Waals surface area (Å²) in [7, 11) is 4.30. The van der Waals surface area contributed by atoms with Crippen LogP contribution in [0.1, 0.15) is 12.0 Å². The molecule has 0 N–H and O–H groups in total. The monoisotopic (exact) mass is 316 g/mol. The molecule has 0 bridgehead atoms. The topological polar surface area (TPSA) is 6.48 Å². The molecule has 0 aliphatic carbocycles. The maximum absolute atomic E-state index is 6.01. The smallest absolute Gasteiger partial charge is 0.0494 e. The van der Waals surface area contributed by atoms with E-state index in [1.807, 2.05) is 0 Å². The standard InChI is InChI=1S/C13H18BrClN2/c1-16(2)12-5-6-17(9-12)13-7-11(14)4-3-10(13)8-15/h3-4,7,12H,5-6,8-9H2,1-2H3. The summed E-state index contributed by atoms with van der Waals surface area (Å²) < 4.78 is 1.12. The zero-order chi connectivity index (χ0) is 12.4. The third kappa shape index (κ3) is 2.95. The van der Waals surface area contributed by atoms with Gasteiger partial charge in [-0.3, -0.25) is 0 Å². The van der Waals surface area contributed by atoms with Gasteiger partial charge >= 0.3 is 0 Å². The number of hydrogen-bond acceptors (Lipinski definition) is 2. The molecule has 1 fully saturated rings. The molecule has 1 unspecified atom stereocenters. The Bertz CT molecular complexity index is 395. The summed E-state index contributed by atoms with van der Waals surface area (Å²) in [5.74, 6) is 0.575. The maximum Gasteiger partial charge on any atom is 0.0494 e. The van der Waals surface area contributed by atoms with Crippen molar-refractivity contribution in [1.82, 2.24) is 4.90 Å². The third-order valence-electron chi connectivity index (χ3n) is 3.43. The van der Waals surface area contributed by atoms with Crippen LogP contribution in [-0.4, -0.2) is 38.1 Å². The molecule has 1 saturated heterocycles. The van der Waals surface area contributed by atoms with Crippen LogP contribution in [0.15, 0.2) is 22.7 Å². The van der Waals surface area contributed by atoms with E-state index in [-0.39, 0.29) is 0 Å². The first kappa shape index (κ1) is 13.2. The minimum absolute atomic E-state index is 0.575. The van der Waals surface area contributed by atoms with E-state index in [4.69, 9.17) is 11.6 Å². The van der Waals surface area contributed by atoms with E-state index in [9.17, 15) is 0 Å². The lowest BCUT2D eigenvalue weighted by Crippen LogP contribution is -2.31. The summed E-state index contributed by atoms with van der Waals surface area (Å²) in [5, 5.41) is 0. The Morgan fingerprint density at radius 3 is 2.82 bits per heavy atom. The molecule has 1 aliphatic heterocycles. The molecular formula is C13H18BrClN2. The Balaban J connectivity index is 2.20. The fourth-order valence-corrected chi connectivity index (χ4v) is 2.90. The van der Waals surface area contributed by atoms with Gasteiger partial charge in [0.15, 0.2) is 0 Å². The molecule has 2 rings (SSSR count). The van der Waals surface area contributed by atoms with Gasteiger partial charge in [-0.15, -0.1) is 11.6 Å². The zero-order valence-corrected chi connectivity index (χ0v) is 12.6. The van der Waals surface area contributed by atoms with Gasteiger partial charge in [0.2, 0.25) is 0 Å². The molecule has 0 aromatic heterocycles. The lowest BCUT2D eigenvalue weighted by molar-refractivity contribution is 0.315. The van der Waals surface area contributed by atoms with Gasteiger partial charge in [-0.25, -0.2) is 0 Å². The molecule has 94 valence electrons. The molecule has 1 aromatic carbocycles. The minimum Gasteiger partial charge on any atom is -0.370 e. The molecule has 0 saturated carbocycles. The lowest BCUT2D eigenvalue weighted by atomic mass is 10.2. The molecule has 0 amide bonds. The van der Waals surface area contributed by atoms with Crippen molar-refractivity contribution in [2.24, 2.45) is 0 Å². The number of likely N-dealkylation sites (N-methyl/N-ethyl adjacent to an activating group) is 1. The van der Waals surface area contributed by atoms with Crippen LogP contribution in [0.5, 0.6) is 0 Å². The quantitative estimate of drug-likeness (QED) is 0.789. The highest BCUT2D eigenvalue weighted by molar-refractivity contribution is 9.10. The van der Waals surface area contributed by atoms with Crippen LogP contribution in [0.25, 0.3) is 0 Å². The summed E-state index contributed by atoms with van der Waals surface area (Å²) in [6.07, 6.45) is 1.22. The van der Waals surface area contributed by atoms with Crippen molar-refractivity contribution in [2.45, 2.75) is 18.3 Å². The van der Waals surface area contributed by atoms with E-state index in [0.29, 0.717) is 11.9 Å². The van der Waals surface area contributed by atoms with E-state index in [1.165, 1.54) is 17.7 Å². The van der Waals surface area contributed by atoms with Gasteiger partial charge in [-0.2, -0.15) is 0 Å². The Morgan fingerprint density at radius 2 is 2.24 bits per heavy atom. The number of nitrogens with zero attached hydrogens (tertiary/aromatic N) is 2. The Labute approximate surface area is 117 Å². The fraction of sp³-hybridized carbons (Fsp3) is 0.538. The summed E-state index contributed by atoms with van der Waals surface area (Å²) >= 11 is 9.55. The second kappa shape index (κ2) is 5.59. The van der Waals surface area contributed by atoms with Crippen LogP contribution in [0.3, 0.4) is 0 Å². The number of rotatable bonds is 3. The number of hydrogen-bond donors (Lipinski definition) is 0. The molecule has 4 heteroatoms. The van der Waals surface area contributed by atoms with E-state index in [2.05, 4.69) is 58.0 Å². The van der Waals surface area contributed by atoms with Crippen molar-refractivity contribution in [3.63, 3.8) is 0 Å². The van der Waals surface area contributed by atoms with Crippen LogP contribution in [0, 0.1) is 0 Å². The number of alkyl halides is 1. The van der Waals surface area contributed by atoms with Crippen LogP contribution in [0.2, 0.25) is 0 Å². The van der Waals surface area contributed by atoms with Crippen molar-refractivity contribution in [2.75, 3.05) is 32.1 Å². The van der Waals surface area contributed by atoms with Crippen LogP contribution < -0.4 is 4.90 Å². The molecule has 0 radical (unpaired) electrons. The van der Waals surface area contributed by atoms with Crippen molar-refractivity contribution in [3.8, 4) is 0 Å². The zero-order valence-electron chi connectivity index (χ0n) is 10.3. The predicted octanol–water partition coefficient (Wildman–Crippen LogP) is 3.33. The third-order valence-corrected chi connectivity index (χ3v) is 4.21. The van der Waals surface area contributed by atoms with Crippen molar-refractivity contribution in [3.05, 3.63) is 28.2 Å². The Morgan fingerprint density at radius 1 is 1.47 bits per heavy atom. The van der Waals surface area contributed by atoms with Crippen molar-refractivity contribution in [1.29, 1.82) is 0 Å².